The molecular weight excluding hydrogens is 296 g/mol. The number of tetrazole rings is 1. The summed E-state index contributed by atoms with van der Waals surface area (Å²) in [6, 6.07) is 5.65. The highest BCUT2D eigenvalue weighted by Gasteiger charge is 2.16. The fourth-order valence-electron chi connectivity index (χ4n) is 2.48. The lowest BCUT2D eigenvalue weighted by Crippen LogP contribution is -2.41. The van der Waals surface area contributed by atoms with E-state index in [1.807, 2.05) is 25.1 Å². The fourth-order valence-corrected chi connectivity index (χ4v) is 2.48. The minimum absolute atomic E-state index is 0.161. The molecule has 2 amide bonds. The Kier molecular flexibility index (Phi) is 4.52. The van der Waals surface area contributed by atoms with E-state index in [2.05, 4.69) is 26.0 Å². The Morgan fingerprint density at radius 1 is 1.35 bits per heavy atom. The second kappa shape index (κ2) is 6.74. The number of aryl methyl sites for hydroxylation is 2. The first-order valence-corrected chi connectivity index (χ1v) is 7.62. The highest BCUT2D eigenvalue weighted by molar-refractivity contribution is 5.91. The van der Waals surface area contributed by atoms with Gasteiger partial charge in [-0.15, -0.1) is 10.2 Å². The van der Waals surface area contributed by atoms with Crippen molar-refractivity contribution in [1.82, 2.24) is 25.5 Å². The van der Waals surface area contributed by atoms with Gasteiger partial charge in [0.2, 0.25) is 5.82 Å². The molecule has 0 atom stereocenters. The molecule has 8 nitrogen and oxygen atoms in total. The lowest BCUT2D eigenvalue weighted by atomic mass is 10.1. The molecule has 23 heavy (non-hydrogen) atoms. The highest BCUT2D eigenvalue weighted by Crippen LogP contribution is 2.22. The van der Waals surface area contributed by atoms with Crippen LogP contribution in [0.2, 0.25) is 0 Å². The van der Waals surface area contributed by atoms with Crippen molar-refractivity contribution in [3.05, 3.63) is 23.8 Å². The van der Waals surface area contributed by atoms with Crippen LogP contribution in [0.25, 0.3) is 11.4 Å². The summed E-state index contributed by atoms with van der Waals surface area (Å²) in [4.78, 5) is 13.6. The van der Waals surface area contributed by atoms with Crippen molar-refractivity contribution < 1.29 is 9.53 Å². The zero-order valence-electron chi connectivity index (χ0n) is 13.2. The van der Waals surface area contributed by atoms with Crippen LogP contribution in [0.1, 0.15) is 18.4 Å². The van der Waals surface area contributed by atoms with E-state index in [1.54, 1.807) is 7.05 Å². The van der Waals surface area contributed by atoms with Gasteiger partial charge in [-0.3, -0.25) is 0 Å². The van der Waals surface area contributed by atoms with Gasteiger partial charge in [-0.05, 0) is 36.6 Å². The molecule has 2 aromatic rings. The van der Waals surface area contributed by atoms with Crippen molar-refractivity contribution in [2.24, 2.45) is 7.05 Å². The van der Waals surface area contributed by atoms with Crippen molar-refractivity contribution in [3.63, 3.8) is 0 Å². The van der Waals surface area contributed by atoms with E-state index < -0.39 is 0 Å². The molecular formula is C15H20N6O2. The van der Waals surface area contributed by atoms with Gasteiger partial charge in [-0.25, -0.2) is 4.79 Å². The van der Waals surface area contributed by atoms with E-state index in [9.17, 15) is 4.79 Å². The first-order valence-electron chi connectivity index (χ1n) is 7.62. The number of hydrogen-bond acceptors (Lipinski definition) is 5. The van der Waals surface area contributed by atoms with Crippen LogP contribution in [-0.4, -0.2) is 45.5 Å². The highest BCUT2D eigenvalue weighted by atomic mass is 16.5. The van der Waals surface area contributed by atoms with E-state index in [0.717, 1.165) is 29.7 Å². The van der Waals surface area contributed by atoms with Crippen LogP contribution in [0.4, 0.5) is 10.5 Å². The summed E-state index contributed by atoms with van der Waals surface area (Å²) in [7, 11) is 1.71. The molecule has 1 saturated heterocycles. The number of nitrogens with one attached hydrogen (secondary N) is 2. The Labute approximate surface area is 134 Å². The van der Waals surface area contributed by atoms with Crippen LogP contribution in [0, 0.1) is 6.92 Å². The molecule has 0 aliphatic carbocycles. The van der Waals surface area contributed by atoms with Crippen LogP contribution < -0.4 is 10.6 Å². The van der Waals surface area contributed by atoms with E-state index in [1.165, 1.54) is 4.80 Å². The number of carbonyl (C=O) groups excluding carboxylic acids is 1. The third kappa shape index (κ3) is 3.84. The van der Waals surface area contributed by atoms with E-state index in [4.69, 9.17) is 4.74 Å². The number of urea groups is 1. The molecule has 0 unspecified atom stereocenters. The fraction of sp³-hybridized carbons (Fsp3) is 0.467. The number of nitrogens with zero attached hydrogens (tertiary/aromatic N) is 4. The Morgan fingerprint density at radius 3 is 2.83 bits per heavy atom. The maximum Gasteiger partial charge on any atom is 0.319 e. The summed E-state index contributed by atoms with van der Waals surface area (Å²) in [5, 5.41) is 17.9. The molecule has 0 saturated carbocycles. The number of rotatable bonds is 3. The average Bonchev–Trinajstić information content (AvgIpc) is 2.97. The van der Waals surface area contributed by atoms with Crippen LogP contribution in [0.15, 0.2) is 18.2 Å². The zero-order chi connectivity index (χ0) is 16.2. The van der Waals surface area contributed by atoms with Gasteiger partial charge in [0.1, 0.15) is 0 Å². The Balaban J connectivity index is 1.70. The second-order valence-electron chi connectivity index (χ2n) is 5.62. The first kappa shape index (κ1) is 15.4. The number of hydrogen-bond donors (Lipinski definition) is 2. The molecule has 3 rings (SSSR count). The third-order valence-corrected chi connectivity index (χ3v) is 3.81. The summed E-state index contributed by atoms with van der Waals surface area (Å²) in [6.07, 6.45) is 1.69. The van der Waals surface area contributed by atoms with Crippen molar-refractivity contribution in [2.75, 3.05) is 18.5 Å². The minimum atomic E-state index is -0.204. The second-order valence-corrected chi connectivity index (χ2v) is 5.62. The Bertz CT molecular complexity index is 693. The average molecular weight is 316 g/mol. The summed E-state index contributed by atoms with van der Waals surface area (Å²) >= 11 is 0. The standard InChI is InChI=1S/C15H20N6O2/c1-10-3-4-11(14-18-20-21(2)19-14)9-13(10)17-15(22)16-12-5-7-23-8-6-12/h3-4,9,12H,5-8H2,1-2H3,(H2,16,17,22). The molecule has 0 spiro atoms. The van der Waals surface area contributed by atoms with Gasteiger partial charge in [-0.1, -0.05) is 12.1 Å². The molecule has 2 N–H and O–H groups in total. The quantitative estimate of drug-likeness (QED) is 0.894. The predicted molar refractivity (Wildman–Crippen MR) is 85.0 cm³/mol. The van der Waals surface area contributed by atoms with E-state index >= 15 is 0 Å². The van der Waals surface area contributed by atoms with Crippen molar-refractivity contribution in [3.8, 4) is 11.4 Å². The Hall–Kier alpha value is -2.48. The minimum Gasteiger partial charge on any atom is -0.381 e. The zero-order valence-corrected chi connectivity index (χ0v) is 13.2. The third-order valence-electron chi connectivity index (χ3n) is 3.81. The maximum absolute atomic E-state index is 12.2. The monoisotopic (exact) mass is 316 g/mol. The number of carbonyl (C=O) groups is 1. The smallest absolute Gasteiger partial charge is 0.319 e. The summed E-state index contributed by atoms with van der Waals surface area (Å²) in [5.41, 5.74) is 2.52. The number of anilines is 1. The SMILES string of the molecule is Cc1ccc(-c2nnn(C)n2)cc1NC(=O)NC1CCOCC1. The van der Waals surface area contributed by atoms with Gasteiger partial charge in [0, 0.05) is 30.5 Å². The largest absolute Gasteiger partial charge is 0.381 e. The van der Waals surface area contributed by atoms with Gasteiger partial charge < -0.3 is 15.4 Å². The molecule has 1 aliphatic heterocycles. The molecule has 0 radical (unpaired) electrons. The topological polar surface area (TPSA) is 94.0 Å². The summed E-state index contributed by atoms with van der Waals surface area (Å²) in [6.45, 7) is 3.33. The molecule has 1 fully saturated rings. The van der Waals surface area contributed by atoms with Gasteiger partial charge in [0.25, 0.3) is 0 Å². The van der Waals surface area contributed by atoms with Crippen LogP contribution in [-0.2, 0) is 11.8 Å². The van der Waals surface area contributed by atoms with Crippen molar-refractivity contribution in [1.29, 1.82) is 0 Å². The van der Waals surface area contributed by atoms with E-state index in [-0.39, 0.29) is 12.1 Å². The summed E-state index contributed by atoms with van der Waals surface area (Å²) in [5.74, 6) is 0.528. The predicted octanol–water partition coefficient (Wildman–Crippen LogP) is 1.49. The van der Waals surface area contributed by atoms with Crippen LogP contribution >= 0.6 is 0 Å². The molecule has 8 heteroatoms. The van der Waals surface area contributed by atoms with E-state index in [0.29, 0.717) is 19.0 Å². The number of aromatic nitrogens is 4. The van der Waals surface area contributed by atoms with Crippen molar-refractivity contribution >= 4 is 11.7 Å². The first-order chi connectivity index (χ1) is 11.1. The van der Waals surface area contributed by atoms with Gasteiger partial charge in [-0.2, -0.15) is 4.80 Å². The van der Waals surface area contributed by atoms with Crippen molar-refractivity contribution in [2.45, 2.75) is 25.8 Å². The molecule has 122 valence electrons. The summed E-state index contributed by atoms with van der Waals surface area (Å²) < 4.78 is 5.29. The molecule has 1 aliphatic rings. The molecule has 0 bridgehead atoms. The number of ether oxygens (including phenoxy) is 1. The molecule has 1 aromatic carbocycles. The number of benzene rings is 1. The Morgan fingerprint density at radius 2 is 2.13 bits per heavy atom. The van der Waals surface area contributed by atoms with Gasteiger partial charge in [0.05, 0.1) is 7.05 Å². The normalized spacial score (nSPS) is 15.4. The van der Waals surface area contributed by atoms with Gasteiger partial charge in [0.15, 0.2) is 0 Å². The lowest BCUT2D eigenvalue weighted by Gasteiger charge is -2.23. The number of amides is 2. The van der Waals surface area contributed by atoms with Gasteiger partial charge >= 0.3 is 6.03 Å². The maximum atomic E-state index is 12.2. The molecule has 2 heterocycles. The molecule has 1 aromatic heterocycles. The lowest BCUT2D eigenvalue weighted by molar-refractivity contribution is 0.0806. The van der Waals surface area contributed by atoms with Crippen LogP contribution in [0.5, 0.6) is 0 Å². The van der Waals surface area contributed by atoms with Crippen LogP contribution in [0.3, 0.4) is 0 Å².